The summed E-state index contributed by atoms with van der Waals surface area (Å²) in [7, 11) is -3.47. The van der Waals surface area contributed by atoms with Crippen LogP contribution in [0, 0.1) is 5.82 Å². The highest BCUT2D eigenvalue weighted by atomic mass is 32.2. The van der Waals surface area contributed by atoms with Gasteiger partial charge < -0.3 is 11.1 Å². The van der Waals surface area contributed by atoms with Crippen molar-refractivity contribution in [3.8, 4) is 0 Å². The molecule has 1 aromatic carbocycles. The van der Waals surface area contributed by atoms with Gasteiger partial charge in [-0.25, -0.2) is 12.8 Å². The number of sulfone groups is 1. The summed E-state index contributed by atoms with van der Waals surface area (Å²) in [5.74, 6) is -1.34. The zero-order chi connectivity index (χ0) is 13.9. The summed E-state index contributed by atoms with van der Waals surface area (Å²) < 4.78 is 35.8. The number of anilines is 2. The summed E-state index contributed by atoms with van der Waals surface area (Å²) in [4.78, 5) is 11.7. The van der Waals surface area contributed by atoms with Crippen molar-refractivity contribution in [2.75, 3.05) is 16.8 Å². The molecule has 0 spiro atoms. The number of nitrogen functional groups attached to an aromatic ring is 1. The van der Waals surface area contributed by atoms with Crippen molar-refractivity contribution in [1.82, 2.24) is 0 Å². The van der Waals surface area contributed by atoms with Gasteiger partial charge in [-0.1, -0.05) is 6.92 Å². The summed E-state index contributed by atoms with van der Waals surface area (Å²) in [5.41, 5.74) is 5.75. The predicted molar refractivity (Wildman–Crippen MR) is 68.4 cm³/mol. The normalized spacial score (nSPS) is 13.1. The highest BCUT2D eigenvalue weighted by molar-refractivity contribution is 7.92. The van der Waals surface area contributed by atoms with Gasteiger partial charge in [0, 0.05) is 5.75 Å². The van der Waals surface area contributed by atoms with E-state index >= 15 is 0 Å². The van der Waals surface area contributed by atoms with Crippen molar-refractivity contribution in [2.45, 2.75) is 19.1 Å². The second-order valence-electron chi connectivity index (χ2n) is 3.81. The Balaban J connectivity index is 2.89. The van der Waals surface area contributed by atoms with Crippen molar-refractivity contribution in [3.05, 3.63) is 24.0 Å². The van der Waals surface area contributed by atoms with Crippen LogP contribution in [0.4, 0.5) is 15.8 Å². The maximum atomic E-state index is 12.8. The Morgan fingerprint density at radius 3 is 2.61 bits per heavy atom. The van der Waals surface area contributed by atoms with Gasteiger partial charge in [-0.05, 0) is 25.1 Å². The number of rotatable bonds is 4. The molecule has 0 radical (unpaired) electrons. The van der Waals surface area contributed by atoms with Crippen LogP contribution in [0.15, 0.2) is 18.2 Å². The number of amides is 1. The number of carbonyl (C=O) groups is 1. The predicted octanol–water partition coefficient (Wildman–Crippen LogP) is 1.17. The summed E-state index contributed by atoms with van der Waals surface area (Å²) >= 11 is 0. The molecule has 1 aromatic rings. The second-order valence-corrected chi connectivity index (χ2v) is 6.42. The Kier molecular flexibility index (Phi) is 4.28. The third-order valence-electron chi connectivity index (χ3n) is 2.58. The van der Waals surface area contributed by atoms with Crippen molar-refractivity contribution >= 4 is 27.1 Å². The number of hydrogen-bond acceptors (Lipinski definition) is 4. The molecule has 0 saturated carbocycles. The molecule has 1 rings (SSSR count). The SMILES string of the molecule is CCS(=O)(=O)C(C)C(=O)Nc1ccc(F)cc1N. The summed E-state index contributed by atoms with van der Waals surface area (Å²) in [6.45, 7) is 2.76. The lowest BCUT2D eigenvalue weighted by Crippen LogP contribution is -2.33. The van der Waals surface area contributed by atoms with E-state index in [1.807, 2.05) is 0 Å². The van der Waals surface area contributed by atoms with Gasteiger partial charge in [-0.15, -0.1) is 0 Å². The first-order chi connectivity index (χ1) is 8.27. The van der Waals surface area contributed by atoms with Crippen molar-refractivity contribution < 1.29 is 17.6 Å². The Bertz CT molecular complexity index is 557. The lowest BCUT2D eigenvalue weighted by Gasteiger charge is -2.13. The zero-order valence-electron chi connectivity index (χ0n) is 10.1. The minimum atomic E-state index is -3.47. The topological polar surface area (TPSA) is 89.3 Å². The molecule has 5 nitrogen and oxygen atoms in total. The summed E-state index contributed by atoms with van der Waals surface area (Å²) in [5, 5.41) is 1.19. The quantitative estimate of drug-likeness (QED) is 0.806. The molecule has 0 bridgehead atoms. The number of nitrogens with two attached hydrogens (primary N) is 1. The lowest BCUT2D eigenvalue weighted by molar-refractivity contribution is -0.115. The van der Waals surface area contributed by atoms with Crippen molar-refractivity contribution in [2.24, 2.45) is 0 Å². The molecule has 3 N–H and O–H groups in total. The van der Waals surface area contributed by atoms with Gasteiger partial charge in [0.25, 0.3) is 0 Å². The van der Waals surface area contributed by atoms with E-state index < -0.39 is 26.8 Å². The monoisotopic (exact) mass is 274 g/mol. The van der Waals surface area contributed by atoms with Gasteiger partial charge in [0.1, 0.15) is 11.1 Å². The van der Waals surface area contributed by atoms with E-state index in [2.05, 4.69) is 5.32 Å². The van der Waals surface area contributed by atoms with Gasteiger partial charge in [0.15, 0.2) is 9.84 Å². The van der Waals surface area contributed by atoms with E-state index in [0.717, 1.165) is 12.1 Å². The van der Waals surface area contributed by atoms with Gasteiger partial charge in [-0.2, -0.15) is 0 Å². The molecular weight excluding hydrogens is 259 g/mol. The molecule has 1 amide bonds. The average Bonchev–Trinajstić information content (AvgIpc) is 2.31. The van der Waals surface area contributed by atoms with E-state index in [0.29, 0.717) is 0 Å². The van der Waals surface area contributed by atoms with E-state index in [1.165, 1.54) is 19.9 Å². The molecule has 0 fully saturated rings. The molecule has 0 aliphatic heterocycles. The molecule has 1 unspecified atom stereocenters. The highest BCUT2D eigenvalue weighted by Gasteiger charge is 2.26. The molecule has 0 aromatic heterocycles. The highest BCUT2D eigenvalue weighted by Crippen LogP contribution is 2.19. The van der Waals surface area contributed by atoms with E-state index in [9.17, 15) is 17.6 Å². The molecule has 0 heterocycles. The molecular formula is C11H15FN2O3S. The number of nitrogens with one attached hydrogen (secondary N) is 1. The smallest absolute Gasteiger partial charge is 0.242 e. The average molecular weight is 274 g/mol. The Morgan fingerprint density at radius 1 is 1.50 bits per heavy atom. The zero-order valence-corrected chi connectivity index (χ0v) is 10.9. The summed E-state index contributed by atoms with van der Waals surface area (Å²) in [6.07, 6.45) is 0. The van der Waals surface area contributed by atoms with Crippen LogP contribution in [0.5, 0.6) is 0 Å². The standard InChI is InChI=1S/C11H15FN2O3S/c1-3-18(16,17)7(2)11(15)14-10-5-4-8(12)6-9(10)13/h4-7H,3,13H2,1-2H3,(H,14,15). The molecule has 1 atom stereocenters. The molecule has 0 saturated heterocycles. The Morgan fingerprint density at radius 2 is 2.11 bits per heavy atom. The van der Waals surface area contributed by atoms with Gasteiger partial charge in [0.05, 0.1) is 11.4 Å². The van der Waals surface area contributed by atoms with Crippen LogP contribution < -0.4 is 11.1 Å². The fraction of sp³-hybridized carbons (Fsp3) is 0.364. The van der Waals surface area contributed by atoms with Crippen LogP contribution in [0.3, 0.4) is 0 Å². The first-order valence-corrected chi connectivity index (χ1v) is 7.07. The van der Waals surface area contributed by atoms with Crippen molar-refractivity contribution in [3.63, 3.8) is 0 Å². The molecule has 0 aliphatic carbocycles. The minimum absolute atomic E-state index is 0.0458. The van der Waals surface area contributed by atoms with Crippen LogP contribution in [0.1, 0.15) is 13.8 Å². The van der Waals surface area contributed by atoms with Crippen molar-refractivity contribution in [1.29, 1.82) is 0 Å². The fourth-order valence-corrected chi connectivity index (χ4v) is 2.18. The van der Waals surface area contributed by atoms with Crippen LogP contribution in [0.25, 0.3) is 0 Å². The number of halogens is 1. The van der Waals surface area contributed by atoms with Gasteiger partial charge in [0.2, 0.25) is 5.91 Å². The maximum absolute atomic E-state index is 12.8. The van der Waals surface area contributed by atoms with Crippen LogP contribution in [0.2, 0.25) is 0 Å². The third-order valence-corrected chi connectivity index (χ3v) is 4.68. The summed E-state index contributed by atoms with van der Waals surface area (Å²) in [6, 6.07) is 3.47. The Hall–Kier alpha value is -1.63. The largest absolute Gasteiger partial charge is 0.397 e. The van der Waals surface area contributed by atoms with Crippen LogP contribution >= 0.6 is 0 Å². The fourth-order valence-electron chi connectivity index (χ4n) is 1.29. The molecule has 100 valence electrons. The van der Waals surface area contributed by atoms with Gasteiger partial charge >= 0.3 is 0 Å². The maximum Gasteiger partial charge on any atom is 0.242 e. The Labute approximate surface area is 105 Å². The first-order valence-electron chi connectivity index (χ1n) is 5.35. The number of carbonyl (C=O) groups excluding carboxylic acids is 1. The molecule has 0 aliphatic rings. The minimum Gasteiger partial charge on any atom is -0.397 e. The van der Waals surface area contributed by atoms with Crippen LogP contribution in [-0.4, -0.2) is 25.3 Å². The van der Waals surface area contributed by atoms with Crippen LogP contribution in [-0.2, 0) is 14.6 Å². The van der Waals surface area contributed by atoms with E-state index in [-0.39, 0.29) is 17.1 Å². The number of benzene rings is 1. The van der Waals surface area contributed by atoms with E-state index in [1.54, 1.807) is 0 Å². The van der Waals surface area contributed by atoms with Gasteiger partial charge in [-0.3, -0.25) is 4.79 Å². The number of hydrogen-bond donors (Lipinski definition) is 2. The lowest BCUT2D eigenvalue weighted by atomic mass is 10.2. The van der Waals surface area contributed by atoms with E-state index in [4.69, 9.17) is 5.73 Å². The second kappa shape index (κ2) is 5.34. The molecule has 7 heteroatoms. The first kappa shape index (κ1) is 14.4. The third kappa shape index (κ3) is 3.19. The molecule has 18 heavy (non-hydrogen) atoms.